The van der Waals surface area contributed by atoms with Gasteiger partial charge >= 0.3 is 0 Å². The highest BCUT2D eigenvalue weighted by Crippen LogP contribution is 2.28. The second-order valence-electron chi connectivity index (χ2n) is 5.37. The number of aliphatic hydroxyl groups is 1. The number of methoxy groups -OCH3 is 1. The van der Waals surface area contributed by atoms with E-state index in [0.717, 1.165) is 43.4 Å². The van der Waals surface area contributed by atoms with Crippen LogP contribution in [-0.4, -0.2) is 18.3 Å². The summed E-state index contributed by atoms with van der Waals surface area (Å²) in [6.07, 6.45) is 5.98. The fourth-order valence-corrected chi connectivity index (χ4v) is 2.59. The van der Waals surface area contributed by atoms with Crippen molar-refractivity contribution in [3.05, 3.63) is 41.1 Å². The molecule has 2 rings (SSSR count). The van der Waals surface area contributed by atoms with Gasteiger partial charge in [0.15, 0.2) is 0 Å². The Labute approximate surface area is 121 Å². The van der Waals surface area contributed by atoms with Gasteiger partial charge in [0.05, 0.1) is 13.2 Å². The fourth-order valence-electron chi connectivity index (χ4n) is 2.59. The Morgan fingerprint density at radius 1 is 1.35 bits per heavy atom. The Hall–Kier alpha value is -1.50. The maximum atomic E-state index is 9.96. The lowest BCUT2D eigenvalue weighted by atomic mass is 9.99. The third-order valence-electron chi connectivity index (χ3n) is 3.86. The smallest absolute Gasteiger partial charge is 0.118 e. The van der Waals surface area contributed by atoms with Crippen molar-refractivity contribution in [3.63, 3.8) is 0 Å². The number of hydrogen-bond acceptors (Lipinski definition) is 2. The first-order chi connectivity index (χ1) is 9.74. The zero-order valence-corrected chi connectivity index (χ0v) is 12.5. The summed E-state index contributed by atoms with van der Waals surface area (Å²) < 4.78 is 5.21. The van der Waals surface area contributed by atoms with E-state index in [-0.39, 0.29) is 6.10 Å². The Morgan fingerprint density at radius 2 is 2.10 bits per heavy atom. The summed E-state index contributed by atoms with van der Waals surface area (Å²) in [5.41, 5.74) is 6.97. The number of benzene rings is 1. The Bertz CT molecular complexity index is 493. The molecule has 2 heteroatoms. The molecule has 1 aliphatic carbocycles. The van der Waals surface area contributed by atoms with Crippen molar-refractivity contribution in [2.24, 2.45) is 0 Å². The number of rotatable bonds is 5. The Balaban J connectivity index is 2.33. The first-order valence-electron chi connectivity index (χ1n) is 7.55. The zero-order valence-electron chi connectivity index (χ0n) is 12.5. The standard InChI is InChI=1S/C18H24O2/c1-3-4-6-15(13-16-7-5-8-18(16)19)14-9-11-17(20-2)12-10-14/h9-12,18-19H,3-8H2,1-2H3/t13?,18-/m1/s1. The van der Waals surface area contributed by atoms with E-state index in [1.54, 1.807) is 7.11 Å². The van der Waals surface area contributed by atoms with Crippen LogP contribution < -0.4 is 4.74 Å². The predicted molar refractivity (Wildman–Crippen MR) is 82.8 cm³/mol. The van der Waals surface area contributed by atoms with Gasteiger partial charge in [-0.15, -0.1) is 5.73 Å². The molecule has 0 radical (unpaired) electrons. The Morgan fingerprint density at radius 3 is 2.65 bits per heavy atom. The molecule has 0 aromatic heterocycles. The van der Waals surface area contributed by atoms with E-state index in [4.69, 9.17) is 4.74 Å². The molecule has 108 valence electrons. The molecule has 0 amide bonds. The van der Waals surface area contributed by atoms with Gasteiger partial charge in [-0.25, -0.2) is 0 Å². The van der Waals surface area contributed by atoms with Crippen LogP contribution in [0.15, 0.2) is 35.6 Å². The summed E-state index contributed by atoms with van der Waals surface area (Å²) in [6, 6.07) is 8.13. The minimum atomic E-state index is -0.287. The normalized spacial score (nSPS) is 17.9. The summed E-state index contributed by atoms with van der Waals surface area (Å²) in [7, 11) is 1.68. The largest absolute Gasteiger partial charge is 0.497 e. The van der Waals surface area contributed by atoms with Crippen LogP contribution in [0.5, 0.6) is 5.75 Å². The molecule has 20 heavy (non-hydrogen) atoms. The van der Waals surface area contributed by atoms with E-state index >= 15 is 0 Å². The van der Waals surface area contributed by atoms with Gasteiger partial charge in [0.1, 0.15) is 5.75 Å². The number of unbranched alkanes of at least 4 members (excludes halogenated alkanes) is 1. The maximum Gasteiger partial charge on any atom is 0.118 e. The minimum absolute atomic E-state index is 0.287. The molecule has 0 bridgehead atoms. The molecule has 0 unspecified atom stereocenters. The summed E-state index contributed by atoms with van der Waals surface area (Å²) in [5, 5.41) is 9.96. The fraction of sp³-hybridized carbons (Fsp3) is 0.500. The highest BCUT2D eigenvalue weighted by molar-refractivity contribution is 5.66. The maximum absolute atomic E-state index is 9.96. The van der Waals surface area contributed by atoms with E-state index in [1.165, 1.54) is 17.6 Å². The molecule has 1 atom stereocenters. The number of ether oxygens (including phenoxy) is 1. The van der Waals surface area contributed by atoms with Gasteiger partial charge in [0.25, 0.3) is 0 Å². The molecule has 0 aliphatic heterocycles. The van der Waals surface area contributed by atoms with Gasteiger partial charge in [0, 0.05) is 11.1 Å². The molecule has 0 heterocycles. The van der Waals surface area contributed by atoms with E-state index < -0.39 is 0 Å². The second kappa shape index (κ2) is 7.33. The van der Waals surface area contributed by atoms with Crippen molar-refractivity contribution < 1.29 is 9.84 Å². The summed E-state index contributed by atoms with van der Waals surface area (Å²) in [5.74, 6) is 0.872. The predicted octanol–water partition coefficient (Wildman–Crippen LogP) is 4.34. The van der Waals surface area contributed by atoms with Crippen LogP contribution in [0.3, 0.4) is 0 Å². The highest BCUT2D eigenvalue weighted by atomic mass is 16.5. The van der Waals surface area contributed by atoms with Gasteiger partial charge in [-0.2, -0.15) is 0 Å². The molecule has 1 aromatic carbocycles. The average molecular weight is 272 g/mol. The monoisotopic (exact) mass is 272 g/mol. The van der Waals surface area contributed by atoms with E-state index in [1.807, 2.05) is 12.1 Å². The zero-order chi connectivity index (χ0) is 14.4. The topological polar surface area (TPSA) is 29.5 Å². The number of hydrogen-bond donors (Lipinski definition) is 1. The third kappa shape index (κ3) is 3.75. The molecular weight excluding hydrogens is 248 g/mol. The van der Waals surface area contributed by atoms with Crippen LogP contribution in [0.4, 0.5) is 0 Å². The van der Waals surface area contributed by atoms with Crippen molar-refractivity contribution in [2.75, 3.05) is 7.11 Å². The summed E-state index contributed by atoms with van der Waals surface area (Å²) in [4.78, 5) is 0. The van der Waals surface area contributed by atoms with Crippen molar-refractivity contribution >= 4 is 5.57 Å². The molecule has 2 nitrogen and oxygen atoms in total. The first-order valence-corrected chi connectivity index (χ1v) is 7.55. The third-order valence-corrected chi connectivity index (χ3v) is 3.86. The van der Waals surface area contributed by atoms with Crippen LogP contribution in [0.1, 0.15) is 51.0 Å². The van der Waals surface area contributed by atoms with E-state index in [0.29, 0.717) is 0 Å². The van der Waals surface area contributed by atoms with Crippen LogP contribution in [0.2, 0.25) is 0 Å². The van der Waals surface area contributed by atoms with Gasteiger partial charge < -0.3 is 9.84 Å². The first kappa shape index (κ1) is 14.9. The SMILES string of the molecule is CCCCC(=C=C1CCC[C@H]1O)c1ccc(OC)cc1. The Kier molecular flexibility index (Phi) is 5.46. The van der Waals surface area contributed by atoms with Gasteiger partial charge in [-0.05, 0) is 49.8 Å². The average Bonchev–Trinajstić information content (AvgIpc) is 2.89. The van der Waals surface area contributed by atoms with Crippen molar-refractivity contribution in [1.29, 1.82) is 0 Å². The minimum Gasteiger partial charge on any atom is -0.497 e. The van der Waals surface area contributed by atoms with Crippen molar-refractivity contribution in [2.45, 2.75) is 51.6 Å². The van der Waals surface area contributed by atoms with Crippen molar-refractivity contribution in [3.8, 4) is 5.75 Å². The van der Waals surface area contributed by atoms with E-state index in [9.17, 15) is 5.11 Å². The van der Waals surface area contributed by atoms with Crippen LogP contribution >= 0.6 is 0 Å². The number of aliphatic hydroxyl groups excluding tert-OH is 1. The highest BCUT2D eigenvalue weighted by Gasteiger charge is 2.17. The molecular formula is C18H24O2. The van der Waals surface area contributed by atoms with E-state index in [2.05, 4.69) is 24.8 Å². The quantitative estimate of drug-likeness (QED) is 0.808. The molecule has 0 saturated heterocycles. The lowest BCUT2D eigenvalue weighted by molar-refractivity contribution is 0.218. The lowest BCUT2D eigenvalue weighted by Crippen LogP contribution is -2.00. The van der Waals surface area contributed by atoms with Crippen LogP contribution in [0, 0.1) is 0 Å². The summed E-state index contributed by atoms with van der Waals surface area (Å²) >= 11 is 0. The molecule has 1 fully saturated rings. The lowest BCUT2D eigenvalue weighted by Gasteiger charge is -2.08. The van der Waals surface area contributed by atoms with Crippen LogP contribution in [0.25, 0.3) is 5.57 Å². The second-order valence-corrected chi connectivity index (χ2v) is 5.37. The van der Waals surface area contributed by atoms with Crippen LogP contribution in [-0.2, 0) is 0 Å². The van der Waals surface area contributed by atoms with Gasteiger partial charge in [-0.1, -0.05) is 25.5 Å². The molecule has 1 aromatic rings. The van der Waals surface area contributed by atoms with Gasteiger partial charge in [-0.3, -0.25) is 0 Å². The molecule has 1 N–H and O–H groups in total. The molecule has 1 saturated carbocycles. The summed E-state index contributed by atoms with van der Waals surface area (Å²) in [6.45, 7) is 2.20. The molecule has 1 aliphatic rings. The molecule has 0 spiro atoms. The van der Waals surface area contributed by atoms with Gasteiger partial charge in [0.2, 0.25) is 0 Å². The van der Waals surface area contributed by atoms with Crippen molar-refractivity contribution in [1.82, 2.24) is 0 Å².